The van der Waals surface area contributed by atoms with Crippen molar-refractivity contribution in [1.29, 1.82) is 0 Å². The number of aromatic nitrogens is 1. The molecule has 2 aromatic rings. The molecule has 0 atom stereocenters. The average molecular weight is 260 g/mol. The standard InChI is InChI=1S/C13H16N4O2/c14-8-3-4-11-9(6-8)10(7-17-11)13(19)16-5-1-2-12(15)18/h3-4,6-7,17H,1-2,5,14H2,(H2,15,18)(H,16,19). The van der Waals surface area contributed by atoms with Crippen molar-refractivity contribution in [2.24, 2.45) is 5.73 Å². The molecule has 0 aliphatic heterocycles. The summed E-state index contributed by atoms with van der Waals surface area (Å²) in [6, 6.07) is 5.35. The minimum atomic E-state index is -0.367. The summed E-state index contributed by atoms with van der Waals surface area (Å²) in [5.74, 6) is -0.560. The molecule has 0 radical (unpaired) electrons. The number of nitrogens with two attached hydrogens (primary N) is 2. The van der Waals surface area contributed by atoms with Crippen molar-refractivity contribution in [3.63, 3.8) is 0 Å². The van der Waals surface area contributed by atoms with Crippen molar-refractivity contribution in [3.8, 4) is 0 Å². The molecule has 0 fully saturated rings. The normalized spacial score (nSPS) is 10.5. The zero-order chi connectivity index (χ0) is 13.8. The Kier molecular flexibility index (Phi) is 3.70. The van der Waals surface area contributed by atoms with Crippen LogP contribution in [0.5, 0.6) is 0 Å². The topological polar surface area (TPSA) is 114 Å². The number of aromatic amines is 1. The number of hydrogen-bond donors (Lipinski definition) is 4. The van der Waals surface area contributed by atoms with E-state index in [1.807, 2.05) is 6.07 Å². The number of carbonyl (C=O) groups is 2. The predicted octanol–water partition coefficient (Wildman–Crippen LogP) is 0.745. The van der Waals surface area contributed by atoms with Crippen LogP contribution in [0.1, 0.15) is 23.2 Å². The minimum Gasteiger partial charge on any atom is -0.399 e. The van der Waals surface area contributed by atoms with Gasteiger partial charge in [0.1, 0.15) is 0 Å². The first-order valence-corrected chi connectivity index (χ1v) is 6.01. The smallest absolute Gasteiger partial charge is 0.253 e. The Bertz CT molecular complexity index is 618. The molecular weight excluding hydrogens is 244 g/mol. The van der Waals surface area contributed by atoms with Crippen LogP contribution >= 0.6 is 0 Å². The van der Waals surface area contributed by atoms with E-state index in [9.17, 15) is 9.59 Å². The number of benzene rings is 1. The fourth-order valence-electron chi connectivity index (χ4n) is 1.89. The molecule has 1 aromatic carbocycles. The first-order valence-electron chi connectivity index (χ1n) is 6.01. The summed E-state index contributed by atoms with van der Waals surface area (Å²) in [6.07, 6.45) is 2.44. The molecular formula is C13H16N4O2. The highest BCUT2D eigenvalue weighted by atomic mass is 16.2. The molecule has 100 valence electrons. The fourth-order valence-corrected chi connectivity index (χ4v) is 1.89. The summed E-state index contributed by atoms with van der Waals surface area (Å²) >= 11 is 0. The second-order valence-electron chi connectivity index (χ2n) is 4.33. The largest absolute Gasteiger partial charge is 0.399 e. The monoisotopic (exact) mass is 260 g/mol. The van der Waals surface area contributed by atoms with Crippen molar-refractivity contribution < 1.29 is 9.59 Å². The number of fused-ring (bicyclic) bond motifs is 1. The van der Waals surface area contributed by atoms with E-state index >= 15 is 0 Å². The van der Waals surface area contributed by atoms with Gasteiger partial charge in [0.05, 0.1) is 5.56 Å². The van der Waals surface area contributed by atoms with Crippen molar-refractivity contribution in [2.75, 3.05) is 12.3 Å². The van der Waals surface area contributed by atoms with E-state index < -0.39 is 0 Å². The van der Waals surface area contributed by atoms with Gasteiger partial charge in [0.2, 0.25) is 5.91 Å². The van der Waals surface area contributed by atoms with Gasteiger partial charge in [-0.1, -0.05) is 0 Å². The molecule has 2 amide bonds. The molecule has 0 unspecified atom stereocenters. The number of anilines is 1. The van der Waals surface area contributed by atoms with Gasteiger partial charge in [-0.25, -0.2) is 0 Å². The lowest BCUT2D eigenvalue weighted by Crippen LogP contribution is -2.25. The van der Waals surface area contributed by atoms with E-state index in [4.69, 9.17) is 11.5 Å². The maximum atomic E-state index is 12.0. The zero-order valence-corrected chi connectivity index (χ0v) is 10.4. The van der Waals surface area contributed by atoms with Gasteiger partial charge in [-0.15, -0.1) is 0 Å². The average Bonchev–Trinajstić information content (AvgIpc) is 2.77. The third-order valence-electron chi connectivity index (χ3n) is 2.84. The number of H-pyrrole nitrogens is 1. The Morgan fingerprint density at radius 3 is 2.84 bits per heavy atom. The quantitative estimate of drug-likeness (QED) is 0.469. The number of amides is 2. The Labute approximate surface area is 110 Å². The molecule has 0 aliphatic rings. The SMILES string of the molecule is NC(=O)CCCNC(=O)c1c[nH]c2ccc(N)cc12. The third kappa shape index (κ3) is 3.04. The van der Waals surface area contributed by atoms with E-state index in [-0.39, 0.29) is 18.2 Å². The van der Waals surface area contributed by atoms with Gasteiger partial charge in [0, 0.05) is 35.8 Å². The van der Waals surface area contributed by atoms with Gasteiger partial charge < -0.3 is 21.8 Å². The van der Waals surface area contributed by atoms with Gasteiger partial charge in [-0.3, -0.25) is 9.59 Å². The fraction of sp³-hybridized carbons (Fsp3) is 0.231. The van der Waals surface area contributed by atoms with Crippen LogP contribution in [0.3, 0.4) is 0 Å². The van der Waals surface area contributed by atoms with Gasteiger partial charge in [-0.2, -0.15) is 0 Å². The van der Waals surface area contributed by atoms with Crippen molar-refractivity contribution in [1.82, 2.24) is 10.3 Å². The summed E-state index contributed by atoms with van der Waals surface area (Å²) in [5.41, 5.74) is 12.7. The van der Waals surface area contributed by atoms with Gasteiger partial charge in [0.15, 0.2) is 0 Å². The number of nitrogen functional groups attached to an aromatic ring is 1. The highest BCUT2D eigenvalue weighted by Crippen LogP contribution is 2.20. The number of carbonyl (C=O) groups excluding carboxylic acids is 2. The first kappa shape index (κ1) is 12.9. The molecule has 0 aliphatic carbocycles. The molecule has 0 bridgehead atoms. The number of hydrogen-bond acceptors (Lipinski definition) is 3. The minimum absolute atomic E-state index is 0.193. The number of nitrogens with one attached hydrogen (secondary N) is 2. The Balaban J connectivity index is 2.05. The second kappa shape index (κ2) is 5.43. The summed E-state index contributed by atoms with van der Waals surface area (Å²) in [6.45, 7) is 0.413. The molecule has 1 aromatic heterocycles. The van der Waals surface area contributed by atoms with E-state index in [0.717, 1.165) is 10.9 Å². The molecule has 6 nitrogen and oxygen atoms in total. The lowest BCUT2D eigenvalue weighted by molar-refractivity contribution is -0.118. The van der Waals surface area contributed by atoms with Gasteiger partial charge in [-0.05, 0) is 24.6 Å². The van der Waals surface area contributed by atoms with Crippen molar-refractivity contribution in [2.45, 2.75) is 12.8 Å². The molecule has 1 heterocycles. The van der Waals surface area contributed by atoms with Crippen LogP contribution in [-0.2, 0) is 4.79 Å². The molecule has 2 rings (SSSR count). The lowest BCUT2D eigenvalue weighted by atomic mass is 10.1. The lowest BCUT2D eigenvalue weighted by Gasteiger charge is -2.03. The summed E-state index contributed by atoms with van der Waals surface area (Å²) < 4.78 is 0. The summed E-state index contributed by atoms with van der Waals surface area (Å²) in [7, 11) is 0. The van der Waals surface area contributed by atoms with Crippen molar-refractivity contribution >= 4 is 28.4 Å². The van der Waals surface area contributed by atoms with Gasteiger partial charge in [0.25, 0.3) is 5.91 Å². The highest BCUT2D eigenvalue weighted by molar-refractivity contribution is 6.07. The van der Waals surface area contributed by atoms with Gasteiger partial charge >= 0.3 is 0 Å². The molecule has 6 heteroatoms. The third-order valence-corrected chi connectivity index (χ3v) is 2.84. The van der Waals surface area contributed by atoms with Crippen LogP contribution < -0.4 is 16.8 Å². The van der Waals surface area contributed by atoms with Crippen molar-refractivity contribution in [3.05, 3.63) is 30.0 Å². The van der Waals surface area contributed by atoms with Crippen LogP contribution in [0.25, 0.3) is 10.9 Å². The maximum Gasteiger partial charge on any atom is 0.253 e. The maximum absolute atomic E-state index is 12.0. The van der Waals surface area contributed by atoms with Crippen LogP contribution in [0.15, 0.2) is 24.4 Å². The predicted molar refractivity (Wildman–Crippen MR) is 73.5 cm³/mol. The molecule has 6 N–H and O–H groups in total. The molecule has 0 saturated heterocycles. The number of rotatable bonds is 5. The van der Waals surface area contributed by atoms with Crippen LogP contribution in [0.2, 0.25) is 0 Å². The number of primary amides is 1. The second-order valence-corrected chi connectivity index (χ2v) is 4.33. The van der Waals surface area contributed by atoms with E-state index in [1.165, 1.54) is 0 Å². The Hall–Kier alpha value is -2.50. The Morgan fingerprint density at radius 2 is 2.11 bits per heavy atom. The summed E-state index contributed by atoms with van der Waals surface area (Å²) in [4.78, 5) is 25.6. The first-order chi connectivity index (χ1) is 9.08. The van der Waals surface area contributed by atoms with E-state index in [0.29, 0.717) is 24.2 Å². The Morgan fingerprint density at radius 1 is 1.32 bits per heavy atom. The van der Waals surface area contributed by atoms with Crippen LogP contribution in [-0.4, -0.2) is 23.3 Å². The molecule has 0 spiro atoms. The zero-order valence-electron chi connectivity index (χ0n) is 10.4. The summed E-state index contributed by atoms with van der Waals surface area (Å²) in [5, 5.41) is 3.53. The van der Waals surface area contributed by atoms with Crippen LogP contribution in [0.4, 0.5) is 5.69 Å². The van der Waals surface area contributed by atoms with E-state index in [1.54, 1.807) is 18.3 Å². The highest BCUT2D eigenvalue weighted by Gasteiger charge is 2.11. The molecule has 19 heavy (non-hydrogen) atoms. The van der Waals surface area contributed by atoms with Crippen LogP contribution in [0, 0.1) is 0 Å². The van der Waals surface area contributed by atoms with E-state index in [2.05, 4.69) is 10.3 Å². The molecule has 0 saturated carbocycles.